The van der Waals surface area contributed by atoms with Crippen molar-refractivity contribution < 1.29 is 5.11 Å². The third-order valence-corrected chi connectivity index (χ3v) is 3.23. The lowest BCUT2D eigenvalue weighted by Crippen LogP contribution is -2.35. The molecule has 0 atom stereocenters. The normalized spacial score (nSPS) is 19.9. The van der Waals surface area contributed by atoms with Gasteiger partial charge in [0.25, 0.3) is 0 Å². The molecule has 0 heterocycles. The van der Waals surface area contributed by atoms with Gasteiger partial charge < -0.3 is 10.4 Å². The van der Waals surface area contributed by atoms with Crippen molar-refractivity contribution in [2.75, 3.05) is 19.7 Å². The number of aliphatic hydroxyl groups is 1. The lowest BCUT2D eigenvalue weighted by molar-refractivity contribution is 0.128. The molecule has 0 aromatic heterocycles. The highest BCUT2D eigenvalue weighted by atomic mass is 16.3. The molecule has 0 aromatic carbocycles. The van der Waals surface area contributed by atoms with E-state index in [1.54, 1.807) is 0 Å². The van der Waals surface area contributed by atoms with Crippen LogP contribution >= 0.6 is 0 Å². The van der Waals surface area contributed by atoms with E-state index < -0.39 is 0 Å². The highest BCUT2D eigenvalue weighted by molar-refractivity contribution is 4.90. The van der Waals surface area contributed by atoms with Gasteiger partial charge in [-0.25, -0.2) is 0 Å². The van der Waals surface area contributed by atoms with Crippen molar-refractivity contribution in [3.05, 3.63) is 12.2 Å². The first-order valence-corrected chi connectivity index (χ1v) is 5.64. The fraction of sp³-hybridized carbons (Fsp3) is 0.833. The maximum atomic E-state index is 9.37. The fourth-order valence-corrected chi connectivity index (χ4v) is 2.17. The minimum atomic E-state index is 0.190. The molecule has 1 aliphatic carbocycles. The SMILES string of the molecule is C=C(C)CCNCC1(CO)CCCC1. The van der Waals surface area contributed by atoms with Crippen LogP contribution in [0.3, 0.4) is 0 Å². The summed E-state index contributed by atoms with van der Waals surface area (Å²) in [4.78, 5) is 0. The Labute approximate surface area is 87.4 Å². The minimum Gasteiger partial charge on any atom is -0.396 e. The minimum absolute atomic E-state index is 0.190. The molecule has 1 fully saturated rings. The Hall–Kier alpha value is -0.340. The average molecular weight is 197 g/mol. The fourth-order valence-electron chi connectivity index (χ4n) is 2.17. The Morgan fingerprint density at radius 3 is 2.57 bits per heavy atom. The second-order valence-corrected chi connectivity index (χ2v) is 4.75. The van der Waals surface area contributed by atoms with Crippen LogP contribution in [0.1, 0.15) is 39.0 Å². The Morgan fingerprint density at radius 1 is 1.43 bits per heavy atom. The van der Waals surface area contributed by atoms with E-state index in [1.165, 1.54) is 31.3 Å². The Kier molecular flexibility index (Phi) is 4.63. The van der Waals surface area contributed by atoms with Crippen LogP contribution in [0.25, 0.3) is 0 Å². The summed E-state index contributed by atoms with van der Waals surface area (Å²) in [6.45, 7) is 8.23. The van der Waals surface area contributed by atoms with Crippen molar-refractivity contribution in [2.24, 2.45) is 5.41 Å². The predicted octanol–water partition coefficient (Wildman–Crippen LogP) is 2.09. The quantitative estimate of drug-likeness (QED) is 0.505. The number of aliphatic hydroxyl groups excluding tert-OH is 1. The molecule has 1 aliphatic rings. The van der Waals surface area contributed by atoms with Gasteiger partial charge in [0, 0.05) is 18.6 Å². The lowest BCUT2D eigenvalue weighted by Gasteiger charge is -2.26. The topological polar surface area (TPSA) is 32.3 Å². The van der Waals surface area contributed by atoms with Gasteiger partial charge >= 0.3 is 0 Å². The number of rotatable bonds is 6. The van der Waals surface area contributed by atoms with Crippen LogP contribution in [0.4, 0.5) is 0 Å². The summed E-state index contributed by atoms with van der Waals surface area (Å²) in [5, 5.41) is 12.8. The molecule has 1 saturated carbocycles. The summed E-state index contributed by atoms with van der Waals surface area (Å²) in [6.07, 6.45) is 5.97. The van der Waals surface area contributed by atoms with E-state index in [9.17, 15) is 5.11 Å². The lowest BCUT2D eigenvalue weighted by atomic mass is 9.87. The van der Waals surface area contributed by atoms with E-state index in [2.05, 4.69) is 18.8 Å². The van der Waals surface area contributed by atoms with Crippen LogP contribution in [0.15, 0.2) is 12.2 Å². The molecule has 2 heteroatoms. The van der Waals surface area contributed by atoms with Gasteiger partial charge in [0.05, 0.1) is 0 Å². The van der Waals surface area contributed by atoms with Gasteiger partial charge in [-0.2, -0.15) is 0 Å². The van der Waals surface area contributed by atoms with E-state index in [4.69, 9.17) is 0 Å². The number of hydrogen-bond acceptors (Lipinski definition) is 2. The Balaban J connectivity index is 2.18. The van der Waals surface area contributed by atoms with Gasteiger partial charge in [-0.1, -0.05) is 18.4 Å². The van der Waals surface area contributed by atoms with E-state index in [0.29, 0.717) is 6.61 Å². The van der Waals surface area contributed by atoms with Crippen molar-refractivity contribution in [1.82, 2.24) is 5.32 Å². The zero-order chi connectivity index (χ0) is 10.4. The summed E-state index contributed by atoms with van der Waals surface area (Å²) >= 11 is 0. The second kappa shape index (κ2) is 5.52. The summed E-state index contributed by atoms with van der Waals surface area (Å²) in [7, 11) is 0. The second-order valence-electron chi connectivity index (χ2n) is 4.75. The van der Waals surface area contributed by atoms with Gasteiger partial charge in [0.1, 0.15) is 0 Å². The molecule has 0 unspecified atom stereocenters. The van der Waals surface area contributed by atoms with Crippen LogP contribution in [0, 0.1) is 5.41 Å². The smallest absolute Gasteiger partial charge is 0.0499 e. The molecule has 2 nitrogen and oxygen atoms in total. The van der Waals surface area contributed by atoms with Crippen LogP contribution in [0.2, 0.25) is 0 Å². The molecule has 0 aliphatic heterocycles. The molecule has 0 spiro atoms. The summed E-state index contributed by atoms with van der Waals surface area (Å²) in [5.41, 5.74) is 1.41. The number of nitrogens with one attached hydrogen (secondary N) is 1. The van der Waals surface area contributed by atoms with Crippen molar-refractivity contribution in [3.63, 3.8) is 0 Å². The summed E-state index contributed by atoms with van der Waals surface area (Å²) < 4.78 is 0. The molecule has 2 N–H and O–H groups in total. The van der Waals surface area contributed by atoms with Crippen LogP contribution in [-0.2, 0) is 0 Å². The van der Waals surface area contributed by atoms with Crippen molar-refractivity contribution >= 4 is 0 Å². The third-order valence-electron chi connectivity index (χ3n) is 3.23. The molecular weight excluding hydrogens is 174 g/mol. The highest BCUT2D eigenvalue weighted by Crippen LogP contribution is 2.36. The number of hydrogen-bond donors (Lipinski definition) is 2. The maximum absolute atomic E-state index is 9.37. The molecule has 0 bridgehead atoms. The zero-order valence-corrected chi connectivity index (χ0v) is 9.31. The predicted molar refractivity (Wildman–Crippen MR) is 60.3 cm³/mol. The standard InChI is InChI=1S/C12H23NO/c1-11(2)5-8-13-9-12(10-14)6-3-4-7-12/h13-14H,1,3-10H2,2H3. The summed E-state index contributed by atoms with van der Waals surface area (Å²) in [5.74, 6) is 0. The van der Waals surface area contributed by atoms with Gasteiger partial charge in [0.2, 0.25) is 0 Å². The Morgan fingerprint density at radius 2 is 2.07 bits per heavy atom. The molecular formula is C12H23NO. The molecule has 14 heavy (non-hydrogen) atoms. The van der Waals surface area contributed by atoms with E-state index in [-0.39, 0.29) is 5.41 Å². The van der Waals surface area contributed by atoms with Gasteiger partial charge in [-0.15, -0.1) is 6.58 Å². The Bertz CT molecular complexity index is 183. The first-order chi connectivity index (χ1) is 6.68. The van der Waals surface area contributed by atoms with Gasteiger partial charge in [0.15, 0.2) is 0 Å². The first-order valence-electron chi connectivity index (χ1n) is 5.64. The van der Waals surface area contributed by atoms with Crippen LogP contribution in [0.5, 0.6) is 0 Å². The van der Waals surface area contributed by atoms with E-state index in [1.807, 2.05) is 0 Å². The zero-order valence-electron chi connectivity index (χ0n) is 9.31. The first kappa shape index (κ1) is 11.7. The van der Waals surface area contributed by atoms with E-state index in [0.717, 1.165) is 19.5 Å². The molecule has 82 valence electrons. The molecule has 0 saturated heterocycles. The van der Waals surface area contributed by atoms with Gasteiger partial charge in [-0.3, -0.25) is 0 Å². The maximum Gasteiger partial charge on any atom is 0.0499 e. The third kappa shape index (κ3) is 3.43. The van der Waals surface area contributed by atoms with Crippen molar-refractivity contribution in [3.8, 4) is 0 Å². The molecule has 0 radical (unpaired) electrons. The molecule has 0 amide bonds. The van der Waals surface area contributed by atoms with Gasteiger partial charge in [-0.05, 0) is 32.7 Å². The van der Waals surface area contributed by atoms with Crippen molar-refractivity contribution in [1.29, 1.82) is 0 Å². The average Bonchev–Trinajstić information content (AvgIpc) is 2.62. The van der Waals surface area contributed by atoms with Crippen LogP contribution in [-0.4, -0.2) is 24.8 Å². The monoisotopic (exact) mass is 197 g/mol. The van der Waals surface area contributed by atoms with Crippen LogP contribution < -0.4 is 5.32 Å². The molecule has 0 aromatic rings. The van der Waals surface area contributed by atoms with Crippen molar-refractivity contribution in [2.45, 2.75) is 39.0 Å². The summed E-state index contributed by atoms with van der Waals surface area (Å²) in [6, 6.07) is 0. The largest absolute Gasteiger partial charge is 0.396 e. The molecule has 1 rings (SSSR count). The van der Waals surface area contributed by atoms with E-state index >= 15 is 0 Å². The highest BCUT2D eigenvalue weighted by Gasteiger charge is 2.32.